The lowest BCUT2D eigenvalue weighted by molar-refractivity contribution is -0.142. The Morgan fingerprint density at radius 2 is 1.50 bits per heavy atom. The van der Waals surface area contributed by atoms with Crippen LogP contribution in [-0.2, 0) is 14.3 Å². The second-order valence-corrected chi connectivity index (χ2v) is 9.60. The molecule has 0 radical (unpaired) electrons. The van der Waals surface area contributed by atoms with Crippen LogP contribution in [0.3, 0.4) is 0 Å². The van der Waals surface area contributed by atoms with Gasteiger partial charge < -0.3 is 20.5 Å². The summed E-state index contributed by atoms with van der Waals surface area (Å²) in [5, 5.41) is 14.8. The van der Waals surface area contributed by atoms with Crippen molar-refractivity contribution in [2.75, 3.05) is 13.2 Å². The monoisotopic (exact) mass is 466 g/mol. The third-order valence-corrected chi connectivity index (χ3v) is 6.19. The molecule has 3 rings (SSSR count). The fraction of sp³-hybridized carbons (Fsp3) is 0.444. The van der Waals surface area contributed by atoms with Crippen LogP contribution in [0, 0.1) is 17.8 Å². The number of rotatable bonds is 10. The fourth-order valence-corrected chi connectivity index (χ4v) is 4.48. The average molecular weight is 467 g/mol. The van der Waals surface area contributed by atoms with Crippen molar-refractivity contribution in [2.45, 2.75) is 46.1 Å². The number of ether oxygens (including phenoxy) is 1. The van der Waals surface area contributed by atoms with Crippen molar-refractivity contribution in [3.05, 3.63) is 59.7 Å². The number of nitrogens with one attached hydrogen (secondary N) is 2. The maximum Gasteiger partial charge on any atom is 0.407 e. The highest BCUT2D eigenvalue weighted by Crippen LogP contribution is 2.44. The molecule has 182 valence electrons. The van der Waals surface area contributed by atoms with Gasteiger partial charge in [0.2, 0.25) is 5.91 Å². The van der Waals surface area contributed by atoms with Crippen molar-refractivity contribution in [1.82, 2.24) is 10.6 Å². The topological polar surface area (TPSA) is 105 Å². The number of hydrogen-bond acceptors (Lipinski definition) is 4. The number of carbonyl (C=O) groups excluding carboxylic acids is 2. The van der Waals surface area contributed by atoms with Crippen molar-refractivity contribution in [2.24, 2.45) is 17.8 Å². The predicted octanol–water partition coefficient (Wildman–Crippen LogP) is 4.41. The van der Waals surface area contributed by atoms with Crippen LogP contribution >= 0.6 is 0 Å². The Labute approximate surface area is 200 Å². The van der Waals surface area contributed by atoms with E-state index in [0.717, 1.165) is 22.3 Å². The van der Waals surface area contributed by atoms with Crippen LogP contribution in [0.5, 0.6) is 0 Å². The van der Waals surface area contributed by atoms with E-state index in [1.165, 1.54) is 0 Å². The smallest absolute Gasteiger partial charge is 0.407 e. The zero-order valence-electron chi connectivity index (χ0n) is 20.2. The molecule has 1 aliphatic carbocycles. The summed E-state index contributed by atoms with van der Waals surface area (Å²) in [5.41, 5.74) is 4.50. The molecule has 0 aliphatic heterocycles. The van der Waals surface area contributed by atoms with Gasteiger partial charge in [-0.05, 0) is 40.5 Å². The van der Waals surface area contributed by atoms with Gasteiger partial charge in [0.1, 0.15) is 12.6 Å². The van der Waals surface area contributed by atoms with Crippen LogP contribution in [0.2, 0.25) is 0 Å². The van der Waals surface area contributed by atoms with Crippen LogP contribution in [0.1, 0.15) is 51.2 Å². The van der Waals surface area contributed by atoms with Gasteiger partial charge in [-0.15, -0.1) is 0 Å². The number of amides is 2. The second-order valence-electron chi connectivity index (χ2n) is 9.60. The van der Waals surface area contributed by atoms with E-state index >= 15 is 0 Å². The third-order valence-electron chi connectivity index (χ3n) is 6.19. The summed E-state index contributed by atoms with van der Waals surface area (Å²) in [6, 6.07) is 15.3. The van der Waals surface area contributed by atoms with E-state index in [-0.39, 0.29) is 30.9 Å². The van der Waals surface area contributed by atoms with E-state index in [0.29, 0.717) is 6.42 Å². The molecule has 0 saturated carbocycles. The van der Waals surface area contributed by atoms with Gasteiger partial charge in [0.05, 0.1) is 5.92 Å². The summed E-state index contributed by atoms with van der Waals surface area (Å²) in [5.74, 6) is -2.12. The number of benzene rings is 2. The van der Waals surface area contributed by atoms with Gasteiger partial charge in [-0.25, -0.2) is 4.79 Å². The zero-order chi connectivity index (χ0) is 24.8. The minimum absolute atomic E-state index is 0.0158. The van der Waals surface area contributed by atoms with E-state index in [1.807, 2.05) is 64.1 Å². The molecule has 0 spiro atoms. The molecule has 3 N–H and O–H groups in total. The number of alkyl carbamates (subject to hydrolysis) is 1. The summed E-state index contributed by atoms with van der Waals surface area (Å²) in [7, 11) is 0. The molecule has 1 unspecified atom stereocenters. The molecular formula is C27H34N2O5. The number of carbonyl (C=O) groups is 3. The zero-order valence-corrected chi connectivity index (χ0v) is 20.2. The van der Waals surface area contributed by atoms with E-state index < -0.39 is 29.9 Å². The highest BCUT2D eigenvalue weighted by atomic mass is 16.5. The lowest BCUT2D eigenvalue weighted by Crippen LogP contribution is -2.51. The first-order valence-electron chi connectivity index (χ1n) is 11.8. The molecule has 7 nitrogen and oxygen atoms in total. The van der Waals surface area contributed by atoms with E-state index in [4.69, 9.17) is 4.74 Å². The second kappa shape index (κ2) is 11.2. The van der Waals surface area contributed by atoms with Crippen molar-refractivity contribution in [3.8, 4) is 11.1 Å². The maximum absolute atomic E-state index is 12.7. The molecule has 2 aromatic carbocycles. The summed E-state index contributed by atoms with van der Waals surface area (Å²) in [4.78, 5) is 36.8. The molecule has 0 heterocycles. The Hall–Kier alpha value is -3.35. The van der Waals surface area contributed by atoms with Crippen LogP contribution in [0.25, 0.3) is 11.1 Å². The molecule has 0 aromatic heterocycles. The van der Waals surface area contributed by atoms with E-state index in [2.05, 4.69) is 22.8 Å². The number of fused-ring (bicyclic) bond motifs is 3. The molecule has 2 aromatic rings. The average Bonchev–Trinajstić information content (AvgIpc) is 3.11. The van der Waals surface area contributed by atoms with Gasteiger partial charge in [0.15, 0.2) is 0 Å². The van der Waals surface area contributed by atoms with Gasteiger partial charge >= 0.3 is 12.1 Å². The van der Waals surface area contributed by atoms with Crippen molar-refractivity contribution in [3.63, 3.8) is 0 Å². The molecule has 0 fully saturated rings. The number of carboxylic acid groups (broad SMARTS) is 1. The van der Waals surface area contributed by atoms with Gasteiger partial charge in [-0.1, -0.05) is 76.2 Å². The Kier molecular flexibility index (Phi) is 8.31. The SMILES string of the molecule is CC(C)CC(CNC(=O)[C@@H](NC(=O)OCC1c2ccccc2-c2ccccc21)C(C)C)C(=O)O. The highest BCUT2D eigenvalue weighted by Gasteiger charge is 2.31. The Bertz CT molecular complexity index is 988. The van der Waals surface area contributed by atoms with Gasteiger partial charge in [0.25, 0.3) is 0 Å². The van der Waals surface area contributed by atoms with Crippen LogP contribution in [0.15, 0.2) is 48.5 Å². The highest BCUT2D eigenvalue weighted by molar-refractivity contribution is 5.86. The number of aliphatic carboxylic acids is 1. The summed E-state index contributed by atoms with van der Waals surface area (Å²) < 4.78 is 5.56. The first kappa shape index (κ1) is 25.3. The molecule has 7 heteroatoms. The largest absolute Gasteiger partial charge is 0.481 e. The number of hydrogen-bond donors (Lipinski definition) is 3. The predicted molar refractivity (Wildman–Crippen MR) is 130 cm³/mol. The minimum atomic E-state index is -0.945. The van der Waals surface area contributed by atoms with Gasteiger partial charge in [-0.2, -0.15) is 0 Å². The Balaban J connectivity index is 1.60. The van der Waals surface area contributed by atoms with Gasteiger partial charge in [-0.3, -0.25) is 9.59 Å². The first-order chi connectivity index (χ1) is 16.2. The van der Waals surface area contributed by atoms with Gasteiger partial charge in [0, 0.05) is 12.5 Å². The molecule has 2 amide bonds. The van der Waals surface area contributed by atoms with E-state index in [9.17, 15) is 19.5 Å². The number of carboxylic acids is 1. The van der Waals surface area contributed by atoms with Crippen LogP contribution in [-0.4, -0.2) is 42.3 Å². The Morgan fingerprint density at radius 1 is 0.941 bits per heavy atom. The quantitative estimate of drug-likeness (QED) is 0.481. The summed E-state index contributed by atoms with van der Waals surface area (Å²) >= 11 is 0. The molecule has 1 aliphatic rings. The van der Waals surface area contributed by atoms with Crippen molar-refractivity contribution in [1.29, 1.82) is 0 Å². The molecule has 0 bridgehead atoms. The standard InChI is InChI=1S/C27H34N2O5/c1-16(2)13-18(26(31)32)14-28-25(30)24(17(3)4)29-27(33)34-15-23-21-11-7-5-9-19(21)20-10-6-8-12-22(20)23/h5-12,16-18,23-24H,13-15H2,1-4H3,(H,28,30)(H,29,33)(H,31,32)/t18?,24-/m0/s1. The fourth-order valence-electron chi connectivity index (χ4n) is 4.48. The molecule has 2 atom stereocenters. The lowest BCUT2D eigenvalue weighted by atomic mass is 9.96. The normalized spacial score (nSPS) is 14.3. The first-order valence-corrected chi connectivity index (χ1v) is 11.8. The molecular weight excluding hydrogens is 432 g/mol. The third kappa shape index (κ3) is 5.95. The van der Waals surface area contributed by atoms with Crippen LogP contribution in [0.4, 0.5) is 4.79 Å². The Morgan fingerprint density at radius 3 is 2.00 bits per heavy atom. The maximum atomic E-state index is 12.7. The van der Waals surface area contributed by atoms with E-state index in [1.54, 1.807) is 0 Å². The minimum Gasteiger partial charge on any atom is -0.481 e. The lowest BCUT2D eigenvalue weighted by Gasteiger charge is -2.23. The van der Waals surface area contributed by atoms with Crippen molar-refractivity contribution >= 4 is 18.0 Å². The molecule has 0 saturated heterocycles. The summed E-state index contributed by atoms with van der Waals surface area (Å²) in [6.45, 7) is 7.68. The summed E-state index contributed by atoms with van der Waals surface area (Å²) in [6.07, 6.45) is -0.213. The van der Waals surface area contributed by atoms with Crippen molar-refractivity contribution < 1.29 is 24.2 Å². The van der Waals surface area contributed by atoms with Crippen LogP contribution < -0.4 is 10.6 Å². The molecule has 34 heavy (non-hydrogen) atoms.